The second-order valence-electron chi connectivity index (χ2n) is 10.3. The van der Waals surface area contributed by atoms with Gasteiger partial charge in [0, 0.05) is 53.8 Å². The Balaban J connectivity index is 1.76. The van der Waals surface area contributed by atoms with Gasteiger partial charge in [-0.3, -0.25) is 9.59 Å². The molecule has 0 radical (unpaired) electrons. The molecule has 0 saturated heterocycles. The van der Waals surface area contributed by atoms with Crippen LogP contribution in [0.25, 0.3) is 10.9 Å². The van der Waals surface area contributed by atoms with Crippen LogP contribution in [0.15, 0.2) is 77.8 Å². The van der Waals surface area contributed by atoms with E-state index in [4.69, 9.17) is 4.99 Å². The number of aliphatic imine (C=N–C) groups is 1. The summed E-state index contributed by atoms with van der Waals surface area (Å²) in [6.07, 6.45) is 2.33. The van der Waals surface area contributed by atoms with E-state index in [1.165, 1.54) is 0 Å². The van der Waals surface area contributed by atoms with E-state index in [0.29, 0.717) is 52.9 Å². The third-order valence-electron chi connectivity index (χ3n) is 6.92. The molecule has 0 bridgehead atoms. The van der Waals surface area contributed by atoms with Crippen LogP contribution in [0.2, 0.25) is 0 Å². The van der Waals surface area contributed by atoms with Crippen LogP contribution in [0, 0.1) is 0 Å². The fourth-order valence-electron chi connectivity index (χ4n) is 4.63. The topological polar surface area (TPSA) is 101 Å². The number of rotatable bonds is 12. The molecule has 8 heteroatoms. The van der Waals surface area contributed by atoms with E-state index in [9.17, 15) is 14.7 Å². The normalized spacial score (nSPS) is 11.7. The van der Waals surface area contributed by atoms with Crippen molar-refractivity contribution in [1.29, 1.82) is 0 Å². The van der Waals surface area contributed by atoms with Gasteiger partial charge in [-0.05, 0) is 63.0 Å². The summed E-state index contributed by atoms with van der Waals surface area (Å²) in [6, 6.07) is 22.6. The zero-order valence-corrected chi connectivity index (χ0v) is 24.3. The minimum Gasteiger partial charge on any atom is -0.494 e. The maximum Gasteiger partial charge on any atom is 0.251 e. The molecule has 8 nitrogen and oxygen atoms in total. The van der Waals surface area contributed by atoms with Crippen molar-refractivity contribution in [2.24, 2.45) is 4.99 Å². The third-order valence-corrected chi connectivity index (χ3v) is 6.92. The van der Waals surface area contributed by atoms with E-state index in [1.54, 1.807) is 23.1 Å². The highest BCUT2D eigenvalue weighted by Crippen LogP contribution is 2.32. The van der Waals surface area contributed by atoms with E-state index >= 15 is 0 Å². The first-order chi connectivity index (χ1) is 19.8. The van der Waals surface area contributed by atoms with Crippen molar-refractivity contribution in [3.63, 3.8) is 0 Å². The predicted octanol–water partition coefficient (Wildman–Crippen LogP) is 5.88. The van der Waals surface area contributed by atoms with Crippen molar-refractivity contribution in [2.75, 3.05) is 38.6 Å². The van der Waals surface area contributed by atoms with Gasteiger partial charge in [0.05, 0.1) is 17.0 Å². The molecule has 0 atom stereocenters. The smallest absolute Gasteiger partial charge is 0.251 e. The van der Waals surface area contributed by atoms with Crippen LogP contribution in [0.4, 0.5) is 11.4 Å². The van der Waals surface area contributed by atoms with Gasteiger partial charge in [0.1, 0.15) is 0 Å². The molecular weight excluding hydrogens is 514 g/mol. The van der Waals surface area contributed by atoms with Gasteiger partial charge in [0.25, 0.3) is 5.91 Å². The molecule has 1 heterocycles. The molecule has 4 rings (SSSR count). The molecule has 0 aliphatic carbocycles. The summed E-state index contributed by atoms with van der Waals surface area (Å²) in [7, 11) is 3.97. The number of unbranched alkanes of at least 4 members (excludes halogenated alkanes) is 1. The molecule has 3 N–H and O–H groups in total. The van der Waals surface area contributed by atoms with E-state index in [-0.39, 0.29) is 17.7 Å². The number of H-pyrrole nitrogens is 1. The van der Waals surface area contributed by atoms with Crippen LogP contribution in [0.1, 0.15) is 54.6 Å². The molecule has 0 saturated carbocycles. The van der Waals surface area contributed by atoms with Crippen molar-refractivity contribution in [2.45, 2.75) is 33.1 Å². The number of fused-ring (bicyclic) bond motifs is 1. The van der Waals surface area contributed by atoms with Gasteiger partial charge in [-0.15, -0.1) is 0 Å². The Bertz CT molecular complexity index is 1510. The summed E-state index contributed by atoms with van der Waals surface area (Å²) < 4.78 is 0. The second kappa shape index (κ2) is 13.8. The average Bonchev–Trinajstić information content (AvgIpc) is 3.31. The Labute approximate surface area is 241 Å². The maximum absolute atomic E-state index is 12.8. The Hall–Kier alpha value is -4.43. The highest BCUT2D eigenvalue weighted by molar-refractivity contribution is 6.22. The quantitative estimate of drug-likeness (QED) is 0.151. The van der Waals surface area contributed by atoms with Crippen LogP contribution in [-0.2, 0) is 4.79 Å². The van der Waals surface area contributed by atoms with Crippen LogP contribution in [-0.4, -0.2) is 66.2 Å². The summed E-state index contributed by atoms with van der Waals surface area (Å²) in [5.41, 5.74) is 4.62. The number of amides is 2. The van der Waals surface area contributed by atoms with E-state index in [0.717, 1.165) is 30.6 Å². The minimum atomic E-state index is -0.152. The van der Waals surface area contributed by atoms with Crippen LogP contribution in [0.5, 0.6) is 5.88 Å². The van der Waals surface area contributed by atoms with Crippen molar-refractivity contribution in [1.82, 2.24) is 15.2 Å². The standard InChI is InChI=1S/C33H39N5O3/c1-5-7-19-34-32(40)24-13-18-28-27(22-24)30(33(41)36-28)31(23-11-9-8-10-12-23)35-25-14-16-26(17-15-25)38(29(39)6-2)21-20-37(3)4/h8-18,22,36,41H,5-7,19-21H2,1-4H3,(H,34,40). The predicted molar refractivity (Wildman–Crippen MR) is 167 cm³/mol. The lowest BCUT2D eigenvalue weighted by Crippen LogP contribution is -2.36. The number of aromatic nitrogens is 1. The molecule has 0 unspecified atom stereocenters. The van der Waals surface area contributed by atoms with Gasteiger partial charge in [-0.25, -0.2) is 4.99 Å². The van der Waals surface area contributed by atoms with Gasteiger partial charge >= 0.3 is 0 Å². The van der Waals surface area contributed by atoms with Gasteiger partial charge in [0.15, 0.2) is 5.88 Å². The second-order valence-corrected chi connectivity index (χ2v) is 10.3. The number of hydrogen-bond acceptors (Lipinski definition) is 5. The highest BCUT2D eigenvalue weighted by Gasteiger charge is 2.20. The number of carbonyl (C=O) groups is 2. The summed E-state index contributed by atoms with van der Waals surface area (Å²) in [5, 5.41) is 14.7. The number of benzene rings is 3. The molecule has 0 aliphatic heterocycles. The number of aromatic amines is 1. The zero-order chi connectivity index (χ0) is 29.4. The number of hydrogen-bond donors (Lipinski definition) is 3. The van der Waals surface area contributed by atoms with Crippen LogP contribution in [0.3, 0.4) is 0 Å². The average molecular weight is 554 g/mol. The van der Waals surface area contributed by atoms with Crippen molar-refractivity contribution < 1.29 is 14.7 Å². The first kappa shape index (κ1) is 29.6. The van der Waals surface area contributed by atoms with Crippen LogP contribution >= 0.6 is 0 Å². The van der Waals surface area contributed by atoms with Gasteiger partial charge in [-0.2, -0.15) is 0 Å². The maximum atomic E-state index is 12.8. The Kier molecular flexibility index (Phi) is 9.92. The minimum absolute atomic E-state index is 0.0221. The largest absolute Gasteiger partial charge is 0.494 e. The van der Waals surface area contributed by atoms with Crippen molar-refractivity contribution in [3.8, 4) is 5.88 Å². The van der Waals surface area contributed by atoms with E-state index in [1.807, 2.05) is 75.6 Å². The molecule has 2 amide bonds. The molecule has 0 spiro atoms. The number of carbonyl (C=O) groups excluding carboxylic acids is 2. The SMILES string of the molecule is CCCCNC(=O)c1ccc2[nH]c(O)c(C(=Nc3ccc(N(CCN(C)C)C(=O)CC)cc3)c3ccccc3)c2c1. The van der Waals surface area contributed by atoms with Gasteiger partial charge in [-0.1, -0.05) is 50.6 Å². The zero-order valence-electron chi connectivity index (χ0n) is 24.3. The molecule has 214 valence electrons. The molecular formula is C33H39N5O3. The van der Waals surface area contributed by atoms with Gasteiger partial charge in [0.2, 0.25) is 5.91 Å². The van der Waals surface area contributed by atoms with Crippen molar-refractivity contribution in [3.05, 3.63) is 89.5 Å². The van der Waals surface area contributed by atoms with Crippen molar-refractivity contribution >= 4 is 39.8 Å². The first-order valence-corrected chi connectivity index (χ1v) is 14.1. The molecule has 0 aliphatic rings. The monoisotopic (exact) mass is 553 g/mol. The lowest BCUT2D eigenvalue weighted by atomic mass is 9.99. The fourth-order valence-corrected chi connectivity index (χ4v) is 4.63. The Morgan fingerprint density at radius 3 is 2.32 bits per heavy atom. The molecule has 0 fully saturated rings. The first-order valence-electron chi connectivity index (χ1n) is 14.1. The summed E-state index contributed by atoms with van der Waals surface area (Å²) in [4.78, 5) is 37.3. The number of aromatic hydroxyl groups is 1. The summed E-state index contributed by atoms with van der Waals surface area (Å²) in [6.45, 7) is 5.90. The number of anilines is 1. The van der Waals surface area contributed by atoms with E-state index < -0.39 is 0 Å². The van der Waals surface area contributed by atoms with E-state index in [2.05, 4.69) is 22.1 Å². The van der Waals surface area contributed by atoms with Gasteiger partial charge < -0.3 is 25.2 Å². The lowest BCUT2D eigenvalue weighted by molar-refractivity contribution is -0.118. The van der Waals surface area contributed by atoms with Crippen LogP contribution < -0.4 is 10.2 Å². The number of nitrogens with one attached hydrogen (secondary N) is 2. The number of nitrogens with zero attached hydrogens (tertiary/aromatic N) is 3. The lowest BCUT2D eigenvalue weighted by Gasteiger charge is -2.24. The summed E-state index contributed by atoms with van der Waals surface area (Å²) in [5.74, 6) is -0.112. The number of likely N-dealkylation sites (N-methyl/N-ethyl adjacent to an activating group) is 1. The third kappa shape index (κ3) is 7.21. The highest BCUT2D eigenvalue weighted by atomic mass is 16.3. The fraction of sp³-hybridized carbons (Fsp3) is 0.303. The summed E-state index contributed by atoms with van der Waals surface area (Å²) >= 11 is 0. The molecule has 1 aromatic heterocycles. The molecule has 4 aromatic rings. The Morgan fingerprint density at radius 2 is 1.66 bits per heavy atom. The Morgan fingerprint density at radius 1 is 0.927 bits per heavy atom. The molecule has 41 heavy (non-hydrogen) atoms. The molecule has 3 aromatic carbocycles.